The highest BCUT2D eigenvalue weighted by atomic mass is 16.2. The Morgan fingerprint density at radius 1 is 0.905 bits per heavy atom. The molecule has 1 aromatic carbocycles. The molecule has 0 fully saturated rings. The average molecular weight is 289 g/mol. The molecule has 4 nitrogen and oxygen atoms in total. The lowest BCUT2D eigenvalue weighted by atomic mass is 10.1. The van der Waals surface area contributed by atoms with Crippen molar-refractivity contribution >= 4 is 11.8 Å². The molecule has 114 valence electrons. The van der Waals surface area contributed by atoms with E-state index >= 15 is 0 Å². The molecule has 21 heavy (non-hydrogen) atoms. The number of quaternary nitrogens is 1. The predicted molar refractivity (Wildman–Crippen MR) is 83.2 cm³/mol. The molecule has 0 spiro atoms. The lowest BCUT2D eigenvalue weighted by Gasteiger charge is -2.35. The molecule has 2 amide bonds. The average Bonchev–Trinajstić information content (AvgIpc) is 2.70. The molecule has 0 unspecified atom stereocenters. The summed E-state index contributed by atoms with van der Waals surface area (Å²) >= 11 is 0. The molecule has 4 heteroatoms. The first-order valence-corrected chi connectivity index (χ1v) is 7.81. The predicted octanol–water partition coefficient (Wildman–Crippen LogP) is 2.55. The largest absolute Gasteiger partial charge is 0.325 e. The number of carbonyl (C=O) groups excluding carboxylic acids is 2. The van der Waals surface area contributed by atoms with E-state index in [1.807, 2.05) is 12.1 Å². The van der Waals surface area contributed by atoms with Crippen LogP contribution in [0.3, 0.4) is 0 Å². The summed E-state index contributed by atoms with van der Waals surface area (Å²) in [6.45, 7) is 7.84. The molecular weight excluding hydrogens is 264 g/mol. The number of likely N-dealkylation sites (N-methyl/N-ethyl adjacent to an activating group) is 1. The number of hydrogen-bond donors (Lipinski definition) is 0. The van der Waals surface area contributed by atoms with E-state index in [1.165, 1.54) is 4.90 Å². The number of nitrogens with zero attached hydrogens (tertiary/aromatic N) is 2. The van der Waals surface area contributed by atoms with Gasteiger partial charge in [-0.2, -0.15) is 0 Å². The molecule has 0 atom stereocenters. The van der Waals surface area contributed by atoms with E-state index in [0.29, 0.717) is 17.7 Å². The fourth-order valence-corrected chi connectivity index (χ4v) is 3.20. The van der Waals surface area contributed by atoms with Crippen LogP contribution in [0.2, 0.25) is 0 Å². The first kappa shape index (κ1) is 15.7. The van der Waals surface area contributed by atoms with Crippen LogP contribution in [0.15, 0.2) is 24.3 Å². The van der Waals surface area contributed by atoms with E-state index in [0.717, 1.165) is 37.0 Å². The Balaban J connectivity index is 2.08. The Morgan fingerprint density at radius 3 is 1.81 bits per heavy atom. The van der Waals surface area contributed by atoms with Gasteiger partial charge >= 0.3 is 0 Å². The van der Waals surface area contributed by atoms with Crippen LogP contribution in [0.25, 0.3) is 0 Å². The monoisotopic (exact) mass is 289 g/mol. The van der Waals surface area contributed by atoms with Gasteiger partial charge in [-0.05, 0) is 25.0 Å². The molecule has 0 radical (unpaired) electrons. The molecule has 1 aliphatic rings. The van der Waals surface area contributed by atoms with Gasteiger partial charge in [0.2, 0.25) is 0 Å². The van der Waals surface area contributed by atoms with Gasteiger partial charge in [0.05, 0.1) is 44.4 Å². The van der Waals surface area contributed by atoms with Crippen molar-refractivity contribution in [3.05, 3.63) is 35.4 Å². The smallest absolute Gasteiger partial charge is 0.261 e. The lowest BCUT2D eigenvalue weighted by Crippen LogP contribution is -2.50. The van der Waals surface area contributed by atoms with Crippen molar-refractivity contribution in [2.75, 3.05) is 33.2 Å². The molecule has 1 aliphatic heterocycles. The Morgan fingerprint density at radius 2 is 1.38 bits per heavy atom. The van der Waals surface area contributed by atoms with Crippen LogP contribution in [-0.2, 0) is 0 Å². The number of carbonyl (C=O) groups is 2. The summed E-state index contributed by atoms with van der Waals surface area (Å²) < 4.78 is 0.917. The van der Waals surface area contributed by atoms with E-state index in [9.17, 15) is 9.59 Å². The van der Waals surface area contributed by atoms with Gasteiger partial charge < -0.3 is 4.48 Å². The van der Waals surface area contributed by atoms with Crippen molar-refractivity contribution in [1.82, 2.24) is 4.90 Å². The number of benzene rings is 1. The van der Waals surface area contributed by atoms with E-state index in [-0.39, 0.29) is 11.8 Å². The highest BCUT2D eigenvalue weighted by molar-refractivity contribution is 6.21. The fourth-order valence-electron chi connectivity index (χ4n) is 3.20. The quantitative estimate of drug-likeness (QED) is 0.571. The number of amides is 2. The summed E-state index contributed by atoms with van der Waals surface area (Å²) in [5, 5.41) is 0. The Kier molecular flexibility index (Phi) is 4.78. The van der Waals surface area contributed by atoms with Crippen LogP contribution in [0, 0.1) is 0 Å². The Hall–Kier alpha value is -1.68. The molecule has 2 rings (SSSR count). The highest BCUT2D eigenvalue weighted by Gasteiger charge is 2.36. The minimum Gasteiger partial charge on any atom is -0.325 e. The molecule has 0 N–H and O–H groups in total. The Bertz CT molecular complexity index is 498. The van der Waals surface area contributed by atoms with Crippen molar-refractivity contribution in [2.45, 2.75) is 26.7 Å². The molecule has 0 saturated heterocycles. The maximum atomic E-state index is 12.3. The first-order valence-electron chi connectivity index (χ1n) is 7.81. The van der Waals surface area contributed by atoms with Gasteiger partial charge in [0.15, 0.2) is 0 Å². The molecule has 0 saturated carbocycles. The van der Waals surface area contributed by atoms with Crippen LogP contribution < -0.4 is 0 Å². The second-order valence-corrected chi connectivity index (χ2v) is 6.10. The van der Waals surface area contributed by atoms with Crippen molar-refractivity contribution in [3.63, 3.8) is 0 Å². The fraction of sp³-hybridized carbons (Fsp3) is 0.529. The molecule has 0 aliphatic carbocycles. The maximum Gasteiger partial charge on any atom is 0.261 e. The lowest BCUT2D eigenvalue weighted by molar-refractivity contribution is -0.908. The third kappa shape index (κ3) is 3.16. The number of fused-ring (bicyclic) bond motifs is 1. The standard InChI is InChI=1S/C17H25N2O2/c1-4-11-19(3,12-5-2)13-10-18-16(20)14-8-6-7-9-15(14)17(18)21/h6-9H,4-5,10-13H2,1-3H3/q+1. The van der Waals surface area contributed by atoms with Gasteiger partial charge in [-0.15, -0.1) is 0 Å². The summed E-state index contributed by atoms with van der Waals surface area (Å²) in [6, 6.07) is 7.09. The maximum absolute atomic E-state index is 12.3. The number of rotatable bonds is 7. The molecule has 1 aromatic rings. The summed E-state index contributed by atoms with van der Waals surface area (Å²) in [6.07, 6.45) is 2.22. The molecular formula is C17H25N2O2+. The van der Waals surface area contributed by atoms with E-state index in [4.69, 9.17) is 0 Å². The van der Waals surface area contributed by atoms with Gasteiger partial charge in [0.25, 0.3) is 11.8 Å². The van der Waals surface area contributed by atoms with Crippen LogP contribution in [0.5, 0.6) is 0 Å². The SMILES string of the molecule is CCC[N+](C)(CCC)CCN1C(=O)c2ccccc2C1=O. The zero-order valence-corrected chi connectivity index (χ0v) is 13.3. The van der Waals surface area contributed by atoms with Crippen LogP contribution >= 0.6 is 0 Å². The Labute approximate surface area is 126 Å². The third-order valence-electron chi connectivity index (χ3n) is 4.27. The normalized spacial score (nSPS) is 14.7. The van der Waals surface area contributed by atoms with E-state index < -0.39 is 0 Å². The second kappa shape index (κ2) is 6.39. The van der Waals surface area contributed by atoms with Crippen LogP contribution in [0.1, 0.15) is 47.4 Å². The first-order chi connectivity index (χ1) is 10.0. The van der Waals surface area contributed by atoms with Crippen molar-refractivity contribution in [2.24, 2.45) is 0 Å². The topological polar surface area (TPSA) is 37.4 Å². The van der Waals surface area contributed by atoms with Crippen LogP contribution in [0.4, 0.5) is 0 Å². The second-order valence-electron chi connectivity index (χ2n) is 6.10. The van der Waals surface area contributed by atoms with Crippen molar-refractivity contribution in [3.8, 4) is 0 Å². The summed E-state index contributed by atoms with van der Waals surface area (Å²) in [4.78, 5) is 26.1. The van der Waals surface area contributed by atoms with Crippen molar-refractivity contribution < 1.29 is 14.1 Å². The zero-order chi connectivity index (χ0) is 15.5. The zero-order valence-electron chi connectivity index (χ0n) is 13.3. The summed E-state index contributed by atoms with van der Waals surface area (Å²) in [7, 11) is 2.21. The van der Waals surface area contributed by atoms with Crippen molar-refractivity contribution in [1.29, 1.82) is 0 Å². The van der Waals surface area contributed by atoms with Crippen LogP contribution in [-0.4, -0.2) is 54.4 Å². The number of hydrogen-bond acceptors (Lipinski definition) is 2. The van der Waals surface area contributed by atoms with Gasteiger partial charge in [0, 0.05) is 0 Å². The molecule has 0 aromatic heterocycles. The summed E-state index contributed by atoms with van der Waals surface area (Å²) in [5.41, 5.74) is 1.09. The van der Waals surface area contributed by atoms with Gasteiger partial charge in [0.1, 0.15) is 0 Å². The molecule has 1 heterocycles. The van der Waals surface area contributed by atoms with E-state index in [2.05, 4.69) is 20.9 Å². The van der Waals surface area contributed by atoms with Gasteiger partial charge in [-0.25, -0.2) is 0 Å². The van der Waals surface area contributed by atoms with Gasteiger partial charge in [-0.1, -0.05) is 26.0 Å². The van der Waals surface area contributed by atoms with Gasteiger partial charge in [-0.3, -0.25) is 14.5 Å². The third-order valence-corrected chi connectivity index (χ3v) is 4.27. The highest BCUT2D eigenvalue weighted by Crippen LogP contribution is 2.22. The minimum absolute atomic E-state index is 0.143. The minimum atomic E-state index is -0.143. The number of imide groups is 1. The summed E-state index contributed by atoms with van der Waals surface area (Å²) in [5.74, 6) is -0.287. The van der Waals surface area contributed by atoms with E-state index in [1.54, 1.807) is 12.1 Å². The molecule has 0 bridgehead atoms.